The van der Waals surface area contributed by atoms with Crippen LogP contribution in [0.1, 0.15) is 49.9 Å². The number of hydrogen-bond acceptors (Lipinski definition) is 8. The molecule has 39 heavy (non-hydrogen) atoms. The normalized spacial score (nSPS) is 14.4. The third-order valence-electron chi connectivity index (χ3n) is 5.97. The van der Waals surface area contributed by atoms with E-state index >= 15 is 0 Å². The third-order valence-corrected chi connectivity index (χ3v) is 7.60. The number of aryl methyl sites for hydroxylation is 1. The highest BCUT2D eigenvalue weighted by Crippen LogP contribution is 2.43. The van der Waals surface area contributed by atoms with Gasteiger partial charge in [0.05, 0.1) is 16.7 Å². The van der Waals surface area contributed by atoms with E-state index in [0.29, 0.717) is 51.6 Å². The molecule has 0 saturated carbocycles. The Labute approximate surface area is 242 Å². The number of rotatable bonds is 12. The zero-order valence-corrected chi connectivity index (χ0v) is 25.0. The van der Waals surface area contributed by atoms with E-state index < -0.39 is 12.0 Å². The number of benzene rings is 2. The van der Waals surface area contributed by atoms with Gasteiger partial charge in [-0.2, -0.15) is 4.98 Å². The minimum atomic E-state index is -0.594. The van der Waals surface area contributed by atoms with Gasteiger partial charge in [-0.25, -0.2) is 9.48 Å². The zero-order valence-electron chi connectivity index (χ0n) is 22.6. The summed E-state index contributed by atoms with van der Waals surface area (Å²) in [4.78, 5) is 18.0. The lowest BCUT2D eigenvalue weighted by Crippen LogP contribution is -2.29. The van der Waals surface area contributed by atoms with Crippen molar-refractivity contribution in [1.29, 1.82) is 0 Å². The van der Waals surface area contributed by atoms with Crippen molar-refractivity contribution in [3.8, 4) is 11.5 Å². The van der Waals surface area contributed by atoms with Crippen LogP contribution < -0.4 is 14.8 Å². The summed E-state index contributed by atoms with van der Waals surface area (Å²) in [6.45, 7) is 12.5. The number of esters is 1. The van der Waals surface area contributed by atoms with Gasteiger partial charge in [-0.15, -0.1) is 5.10 Å². The van der Waals surface area contributed by atoms with Crippen molar-refractivity contribution < 1.29 is 19.0 Å². The molecule has 206 valence electrons. The molecule has 1 unspecified atom stereocenters. The lowest BCUT2D eigenvalue weighted by atomic mass is 9.95. The second kappa shape index (κ2) is 13.2. The fourth-order valence-corrected chi connectivity index (χ4v) is 5.42. The maximum atomic E-state index is 13.3. The summed E-state index contributed by atoms with van der Waals surface area (Å²) >= 11 is 5.27. The molecule has 8 nitrogen and oxygen atoms in total. The van der Waals surface area contributed by atoms with Crippen LogP contribution in [0.15, 0.2) is 70.0 Å². The zero-order chi connectivity index (χ0) is 27.9. The molecular formula is C29H33BrN4O4S. The molecule has 0 saturated heterocycles. The maximum absolute atomic E-state index is 13.3. The number of nitrogens with zero attached hydrogens (tertiary/aromatic N) is 3. The number of nitrogens with one attached hydrogen (secondary N) is 1. The Bertz CT molecular complexity index is 1370. The minimum Gasteiger partial charge on any atom is -0.490 e. The summed E-state index contributed by atoms with van der Waals surface area (Å²) in [5.74, 6) is 2.14. The molecule has 0 amide bonds. The molecule has 1 aromatic heterocycles. The number of anilines is 1. The van der Waals surface area contributed by atoms with Crippen molar-refractivity contribution in [3.05, 3.63) is 81.5 Å². The first kappa shape index (κ1) is 28.8. The van der Waals surface area contributed by atoms with Crippen LogP contribution in [0.25, 0.3) is 0 Å². The molecule has 2 aromatic carbocycles. The molecule has 0 radical (unpaired) electrons. The molecule has 3 aromatic rings. The predicted octanol–water partition coefficient (Wildman–Crippen LogP) is 6.85. The Balaban J connectivity index is 1.77. The Morgan fingerprint density at radius 2 is 1.97 bits per heavy atom. The van der Waals surface area contributed by atoms with E-state index in [4.69, 9.17) is 19.3 Å². The Kier molecular flexibility index (Phi) is 9.74. The SMILES string of the molecule is C=CCOC(=O)C1=C(C)Nc2nc(SCCC)nn2C1c1cc(Br)c(OCc2ccc(C)cc2)c(OCC)c1. The van der Waals surface area contributed by atoms with Crippen LogP contribution in [0.5, 0.6) is 11.5 Å². The predicted molar refractivity (Wildman–Crippen MR) is 157 cm³/mol. The molecule has 0 fully saturated rings. The highest BCUT2D eigenvalue weighted by atomic mass is 79.9. The smallest absolute Gasteiger partial charge is 0.338 e. The first-order chi connectivity index (χ1) is 18.9. The highest BCUT2D eigenvalue weighted by Gasteiger charge is 2.36. The van der Waals surface area contributed by atoms with Crippen molar-refractivity contribution in [2.75, 3.05) is 24.3 Å². The molecular weight excluding hydrogens is 580 g/mol. The van der Waals surface area contributed by atoms with Crippen LogP contribution >= 0.6 is 27.7 Å². The highest BCUT2D eigenvalue weighted by molar-refractivity contribution is 9.10. The number of carbonyl (C=O) groups excluding carboxylic acids is 1. The molecule has 2 heterocycles. The molecule has 1 aliphatic heterocycles. The summed E-state index contributed by atoms with van der Waals surface area (Å²) in [6, 6.07) is 11.4. The van der Waals surface area contributed by atoms with Crippen molar-refractivity contribution >= 4 is 39.6 Å². The van der Waals surface area contributed by atoms with Crippen molar-refractivity contribution in [2.24, 2.45) is 0 Å². The van der Waals surface area contributed by atoms with Gasteiger partial charge in [0.15, 0.2) is 11.5 Å². The van der Waals surface area contributed by atoms with Crippen LogP contribution in [0, 0.1) is 6.92 Å². The van der Waals surface area contributed by atoms with Gasteiger partial charge in [-0.1, -0.05) is 61.2 Å². The number of aromatic nitrogens is 3. The number of fused-ring (bicyclic) bond motifs is 1. The molecule has 1 aliphatic rings. The van der Waals surface area contributed by atoms with Gasteiger partial charge in [0.25, 0.3) is 0 Å². The van der Waals surface area contributed by atoms with Gasteiger partial charge in [-0.3, -0.25) is 0 Å². The van der Waals surface area contributed by atoms with Crippen LogP contribution in [0.3, 0.4) is 0 Å². The van der Waals surface area contributed by atoms with Gasteiger partial charge in [0, 0.05) is 11.4 Å². The third kappa shape index (κ3) is 6.67. The van der Waals surface area contributed by atoms with Gasteiger partial charge < -0.3 is 19.5 Å². The van der Waals surface area contributed by atoms with Crippen LogP contribution in [0.2, 0.25) is 0 Å². The van der Waals surface area contributed by atoms with E-state index in [1.165, 1.54) is 5.56 Å². The van der Waals surface area contributed by atoms with Crippen molar-refractivity contribution in [3.63, 3.8) is 0 Å². The standard InChI is InChI=1S/C29H33BrN4O4S/c1-6-13-37-27(35)24-19(5)31-28-32-29(39-14-7-2)33-34(28)25(24)21-15-22(30)26(23(16-21)36-8-3)38-17-20-11-9-18(4)10-12-20/h6,9-12,15-16,25H,1,7-8,13-14,17H2,2-5H3,(H,31,32,33). The Hall–Kier alpha value is -3.24. The largest absolute Gasteiger partial charge is 0.490 e. The molecule has 1 N–H and O–H groups in total. The summed E-state index contributed by atoms with van der Waals surface area (Å²) in [6.07, 6.45) is 2.54. The number of halogens is 1. The lowest BCUT2D eigenvalue weighted by Gasteiger charge is -2.29. The van der Waals surface area contributed by atoms with Gasteiger partial charge in [-0.05, 0) is 66.4 Å². The van der Waals surface area contributed by atoms with Gasteiger partial charge in [0.1, 0.15) is 19.3 Å². The minimum absolute atomic E-state index is 0.101. The average molecular weight is 614 g/mol. The summed E-state index contributed by atoms with van der Waals surface area (Å²) in [5, 5.41) is 8.63. The van der Waals surface area contributed by atoms with E-state index in [1.54, 1.807) is 22.5 Å². The number of hydrogen-bond donors (Lipinski definition) is 1. The van der Waals surface area contributed by atoms with Gasteiger partial charge >= 0.3 is 5.97 Å². The molecule has 0 spiro atoms. The van der Waals surface area contributed by atoms with E-state index in [-0.39, 0.29) is 6.61 Å². The van der Waals surface area contributed by atoms with Crippen LogP contribution in [0.4, 0.5) is 5.95 Å². The number of allylic oxidation sites excluding steroid dienone is 1. The quantitative estimate of drug-likeness (QED) is 0.135. The van der Waals surface area contributed by atoms with E-state index in [2.05, 4.69) is 58.8 Å². The molecule has 4 rings (SSSR count). The first-order valence-electron chi connectivity index (χ1n) is 12.9. The molecule has 0 aliphatic carbocycles. The topological polar surface area (TPSA) is 87.5 Å². The second-order valence-corrected chi connectivity index (χ2v) is 10.9. The fourth-order valence-electron chi connectivity index (χ4n) is 4.16. The van der Waals surface area contributed by atoms with E-state index in [1.807, 2.05) is 38.1 Å². The first-order valence-corrected chi connectivity index (χ1v) is 14.6. The lowest BCUT2D eigenvalue weighted by molar-refractivity contribution is -0.138. The van der Waals surface area contributed by atoms with E-state index in [0.717, 1.165) is 23.3 Å². The summed E-state index contributed by atoms with van der Waals surface area (Å²) in [7, 11) is 0. The van der Waals surface area contributed by atoms with Gasteiger partial charge in [0.2, 0.25) is 11.1 Å². The number of ether oxygens (including phenoxy) is 3. The number of carbonyl (C=O) groups is 1. The summed E-state index contributed by atoms with van der Waals surface area (Å²) in [5.41, 5.74) is 4.10. The maximum Gasteiger partial charge on any atom is 0.338 e. The average Bonchev–Trinajstić information content (AvgIpc) is 3.32. The monoisotopic (exact) mass is 612 g/mol. The molecule has 0 bridgehead atoms. The Morgan fingerprint density at radius 3 is 2.67 bits per heavy atom. The molecule has 1 atom stereocenters. The van der Waals surface area contributed by atoms with Crippen LogP contribution in [-0.4, -0.2) is 39.7 Å². The second-order valence-electron chi connectivity index (χ2n) is 9.00. The fraction of sp³-hybridized carbons (Fsp3) is 0.345. The van der Waals surface area contributed by atoms with Crippen molar-refractivity contribution in [1.82, 2.24) is 14.8 Å². The van der Waals surface area contributed by atoms with Crippen molar-refractivity contribution in [2.45, 2.75) is 51.9 Å². The Morgan fingerprint density at radius 1 is 1.21 bits per heavy atom. The summed E-state index contributed by atoms with van der Waals surface area (Å²) < 4.78 is 20.2. The van der Waals surface area contributed by atoms with E-state index in [9.17, 15) is 4.79 Å². The number of thioether (sulfide) groups is 1. The van der Waals surface area contributed by atoms with Crippen LogP contribution in [-0.2, 0) is 16.1 Å². The molecule has 10 heteroatoms.